The van der Waals surface area contributed by atoms with E-state index in [-0.39, 0.29) is 0 Å². The second-order valence-corrected chi connectivity index (χ2v) is 8.74. The Morgan fingerprint density at radius 2 is 1.97 bits per heavy atom. The predicted octanol–water partition coefficient (Wildman–Crippen LogP) is 5.94. The summed E-state index contributed by atoms with van der Waals surface area (Å²) < 4.78 is 5.45. The van der Waals surface area contributed by atoms with Crippen LogP contribution in [0, 0.1) is 20.8 Å². The van der Waals surface area contributed by atoms with Gasteiger partial charge in [-0.25, -0.2) is 0 Å². The average Bonchev–Trinajstić information content (AvgIpc) is 3.14. The van der Waals surface area contributed by atoms with Crippen LogP contribution in [-0.2, 0) is 13.0 Å². The summed E-state index contributed by atoms with van der Waals surface area (Å²) >= 11 is 5.89. The summed E-state index contributed by atoms with van der Waals surface area (Å²) in [6.07, 6.45) is 4.55. The van der Waals surface area contributed by atoms with Crippen LogP contribution in [-0.4, -0.2) is 33.6 Å². The van der Waals surface area contributed by atoms with Crippen LogP contribution in [0.5, 0.6) is 5.75 Å². The average molecular weight is 459 g/mol. The smallest absolute Gasteiger partial charge is 0.173 e. The number of methoxy groups -OCH3 is 1. The normalized spacial score (nSPS) is 10.9. The van der Waals surface area contributed by atoms with Gasteiger partial charge in [-0.1, -0.05) is 18.2 Å². The lowest BCUT2D eigenvalue weighted by Crippen LogP contribution is -2.36. The Morgan fingerprint density at radius 1 is 1.12 bits per heavy atom. The Hall–Kier alpha value is -3.38. The van der Waals surface area contributed by atoms with E-state index >= 15 is 0 Å². The fourth-order valence-corrected chi connectivity index (χ4v) is 4.37. The number of H-pyrrole nitrogens is 1. The van der Waals surface area contributed by atoms with Crippen LogP contribution in [0.2, 0.25) is 0 Å². The summed E-state index contributed by atoms with van der Waals surface area (Å²) in [5, 5.41) is 5.39. The first-order valence-electron chi connectivity index (χ1n) is 11.1. The summed E-state index contributed by atoms with van der Waals surface area (Å²) in [5.41, 5.74) is 8.20. The summed E-state index contributed by atoms with van der Waals surface area (Å²) in [7, 11) is 1.70. The summed E-state index contributed by atoms with van der Waals surface area (Å²) in [6, 6.07) is 16.5. The molecule has 0 bridgehead atoms. The van der Waals surface area contributed by atoms with Crippen molar-refractivity contribution in [3.05, 3.63) is 88.9 Å². The van der Waals surface area contributed by atoms with E-state index in [1.807, 2.05) is 18.3 Å². The minimum atomic E-state index is 0.690. The van der Waals surface area contributed by atoms with Crippen LogP contribution in [0.4, 0.5) is 5.69 Å². The molecule has 0 atom stereocenters. The highest BCUT2D eigenvalue weighted by Crippen LogP contribution is 2.27. The lowest BCUT2D eigenvalue weighted by atomic mass is 10.1. The van der Waals surface area contributed by atoms with Gasteiger partial charge in [-0.2, -0.15) is 0 Å². The number of rotatable bonds is 7. The van der Waals surface area contributed by atoms with Crippen molar-refractivity contribution in [3.63, 3.8) is 0 Å². The van der Waals surface area contributed by atoms with E-state index in [0.29, 0.717) is 11.7 Å². The Bertz CT molecular complexity index is 1270. The second kappa shape index (κ2) is 10.0. The molecule has 0 spiro atoms. The molecule has 0 aliphatic heterocycles. The van der Waals surface area contributed by atoms with Crippen molar-refractivity contribution in [2.45, 2.75) is 33.7 Å². The third-order valence-corrected chi connectivity index (χ3v) is 6.55. The summed E-state index contributed by atoms with van der Waals surface area (Å²) in [5.74, 6) is 0.863. The molecule has 0 unspecified atom stereocenters. The number of ether oxygens (including phenoxy) is 1. The van der Waals surface area contributed by atoms with Gasteiger partial charge in [-0.15, -0.1) is 0 Å². The van der Waals surface area contributed by atoms with Crippen LogP contribution in [0.15, 0.2) is 60.9 Å². The number of hydrogen-bond donors (Lipinski definition) is 2. The second-order valence-electron chi connectivity index (χ2n) is 8.35. The molecule has 4 rings (SSSR count). The van der Waals surface area contributed by atoms with Crippen LogP contribution >= 0.6 is 12.2 Å². The Balaban J connectivity index is 1.59. The molecule has 0 saturated heterocycles. The molecule has 0 radical (unpaired) electrons. The highest BCUT2D eigenvalue weighted by Gasteiger charge is 2.16. The molecule has 0 aliphatic carbocycles. The number of nitrogens with zero attached hydrogens (tertiary/aromatic N) is 2. The van der Waals surface area contributed by atoms with Gasteiger partial charge in [0.25, 0.3) is 0 Å². The highest BCUT2D eigenvalue weighted by atomic mass is 32.1. The van der Waals surface area contributed by atoms with Crippen molar-refractivity contribution >= 4 is 33.9 Å². The third-order valence-electron chi connectivity index (χ3n) is 6.19. The standard InChI is InChI=1S/C27H30N4OS/c1-18-7-5-9-25(19(18)2)30-27(33)31(17-21-8-6-13-28-16-21)14-12-23-20(3)29-26-11-10-22(32-4)15-24(23)26/h5-11,13,15-16,29H,12,14,17H2,1-4H3,(H,30,33). The molecule has 2 N–H and O–H groups in total. The molecule has 4 aromatic rings. The van der Waals surface area contributed by atoms with Crippen molar-refractivity contribution in [2.24, 2.45) is 0 Å². The Morgan fingerprint density at radius 3 is 2.73 bits per heavy atom. The predicted molar refractivity (Wildman–Crippen MR) is 140 cm³/mol. The number of fused-ring (bicyclic) bond motifs is 1. The number of anilines is 1. The molecular formula is C27H30N4OS. The first-order valence-corrected chi connectivity index (χ1v) is 11.5. The molecule has 0 fully saturated rings. The summed E-state index contributed by atoms with van der Waals surface area (Å²) in [4.78, 5) is 10.00. The first-order chi connectivity index (χ1) is 16.0. The van der Waals surface area contributed by atoms with E-state index < -0.39 is 0 Å². The minimum absolute atomic E-state index is 0.690. The maximum Gasteiger partial charge on any atom is 0.173 e. The minimum Gasteiger partial charge on any atom is -0.497 e. The van der Waals surface area contributed by atoms with Crippen molar-refractivity contribution in [1.29, 1.82) is 0 Å². The Labute approximate surface area is 200 Å². The number of thiocarbonyl (C=S) groups is 1. The molecule has 33 heavy (non-hydrogen) atoms. The highest BCUT2D eigenvalue weighted by molar-refractivity contribution is 7.80. The van der Waals surface area contributed by atoms with Crippen LogP contribution in [0.25, 0.3) is 10.9 Å². The van der Waals surface area contributed by atoms with Gasteiger partial charge in [0.05, 0.1) is 7.11 Å². The van der Waals surface area contributed by atoms with Crippen molar-refractivity contribution in [3.8, 4) is 5.75 Å². The topological polar surface area (TPSA) is 53.2 Å². The zero-order chi connectivity index (χ0) is 23.4. The van der Waals surface area contributed by atoms with Crippen molar-refractivity contribution in [1.82, 2.24) is 14.9 Å². The van der Waals surface area contributed by atoms with Crippen LogP contribution in [0.3, 0.4) is 0 Å². The largest absolute Gasteiger partial charge is 0.497 e. The van der Waals surface area contributed by atoms with E-state index in [0.717, 1.165) is 35.5 Å². The Kier molecular flexibility index (Phi) is 6.94. The molecule has 0 saturated carbocycles. The van der Waals surface area contributed by atoms with Gasteiger partial charge in [0.2, 0.25) is 0 Å². The van der Waals surface area contributed by atoms with Crippen LogP contribution in [0.1, 0.15) is 27.9 Å². The molecule has 0 aliphatic rings. The molecule has 2 heterocycles. The van der Waals surface area contributed by atoms with E-state index in [1.165, 1.54) is 27.8 Å². The molecule has 6 heteroatoms. The van der Waals surface area contributed by atoms with E-state index in [4.69, 9.17) is 17.0 Å². The number of nitrogens with one attached hydrogen (secondary N) is 2. The first kappa shape index (κ1) is 22.8. The molecule has 170 valence electrons. The molecule has 2 aromatic carbocycles. The number of hydrogen-bond acceptors (Lipinski definition) is 3. The van der Waals surface area contributed by atoms with Gasteiger partial charge in [-0.3, -0.25) is 4.98 Å². The number of aryl methyl sites for hydroxylation is 2. The molecule has 0 amide bonds. The van der Waals surface area contributed by atoms with E-state index in [9.17, 15) is 0 Å². The lowest BCUT2D eigenvalue weighted by molar-refractivity contribution is 0.415. The monoisotopic (exact) mass is 458 g/mol. The summed E-state index contributed by atoms with van der Waals surface area (Å²) in [6.45, 7) is 7.82. The lowest BCUT2D eigenvalue weighted by Gasteiger charge is -2.27. The quantitative estimate of drug-likeness (QED) is 0.336. The van der Waals surface area contributed by atoms with Crippen molar-refractivity contribution < 1.29 is 4.74 Å². The SMILES string of the molecule is COc1ccc2[nH]c(C)c(CCN(Cc3cccnc3)C(=S)Nc3cccc(C)c3C)c2c1. The van der Waals surface area contributed by atoms with Gasteiger partial charge in [0.15, 0.2) is 5.11 Å². The molecule has 5 nitrogen and oxygen atoms in total. The number of pyridine rings is 1. The van der Waals surface area contributed by atoms with E-state index in [1.54, 1.807) is 13.3 Å². The third kappa shape index (κ3) is 5.17. The van der Waals surface area contributed by atoms with Crippen molar-refractivity contribution in [2.75, 3.05) is 19.0 Å². The van der Waals surface area contributed by atoms with Gasteiger partial charge in [0.1, 0.15) is 5.75 Å². The molecular weight excluding hydrogens is 428 g/mol. The van der Waals surface area contributed by atoms with Gasteiger partial charge in [-0.05, 0) is 92.0 Å². The number of benzene rings is 2. The molecule has 2 aromatic heterocycles. The maximum absolute atomic E-state index is 5.89. The fraction of sp³-hybridized carbons (Fsp3) is 0.259. The van der Waals surface area contributed by atoms with Gasteiger partial charge >= 0.3 is 0 Å². The van der Waals surface area contributed by atoms with Crippen LogP contribution < -0.4 is 10.1 Å². The van der Waals surface area contributed by atoms with Gasteiger partial charge < -0.3 is 19.9 Å². The van der Waals surface area contributed by atoms with Gasteiger partial charge in [0, 0.05) is 47.8 Å². The zero-order valence-corrected chi connectivity index (χ0v) is 20.4. The zero-order valence-electron chi connectivity index (χ0n) is 19.6. The fourth-order valence-electron chi connectivity index (χ4n) is 4.10. The maximum atomic E-state index is 5.89. The van der Waals surface area contributed by atoms with E-state index in [2.05, 4.69) is 77.4 Å². The number of aromatic nitrogens is 2. The number of aromatic amines is 1.